The smallest absolute Gasteiger partial charge is 0.385 e. The van der Waals surface area contributed by atoms with Crippen LogP contribution in [0.25, 0.3) is 12.2 Å². The predicted octanol–water partition coefficient (Wildman–Crippen LogP) is 8.48. The third-order valence-electron chi connectivity index (χ3n) is 12.3. The summed E-state index contributed by atoms with van der Waals surface area (Å²) in [5.41, 5.74) is -2.34. The number of pyridine rings is 1. The zero-order valence-corrected chi connectivity index (χ0v) is 27.6. The van der Waals surface area contributed by atoms with Crippen LogP contribution in [0.4, 0.5) is 22.0 Å². The van der Waals surface area contributed by atoms with Crippen molar-refractivity contribution in [3.05, 3.63) is 76.6 Å². The molecule has 1 spiro atoms. The van der Waals surface area contributed by atoms with Crippen LogP contribution in [0.3, 0.4) is 0 Å². The number of ether oxygens (including phenoxy) is 2. The highest BCUT2D eigenvalue weighted by Gasteiger charge is 2.79. The highest BCUT2D eigenvalue weighted by molar-refractivity contribution is 5.68. The fraction of sp³-hybridized carbons (Fsp3) is 0.605. The molecule has 1 saturated heterocycles. The predicted molar refractivity (Wildman–Crippen MR) is 171 cm³/mol. The first-order valence-corrected chi connectivity index (χ1v) is 17.0. The second kappa shape index (κ2) is 11.2. The molecule has 2 N–H and O–H groups in total. The standard InChI is InChI=1S/C38H44F5NO4/c1-32(2)22-47-35(48-23-32)16-13-30-31-27(12-15-34(30,45)21-35)29-14-17-36(46,37(39,40)38(41,42)43)33(29,3)20-28(31)25-8-6-7-24(19-25)10-11-26-9-4-5-18-44-26/h4-11,18-19,27-29,45-46H,12-17,20-23H2,1-3H3/b11-10+/t27?,28-,29?,33?,34?,36+/m1/s1. The summed E-state index contributed by atoms with van der Waals surface area (Å²) < 4.78 is 85.5. The maximum Gasteiger partial charge on any atom is 0.456 e. The number of benzene rings is 1. The van der Waals surface area contributed by atoms with E-state index in [9.17, 15) is 23.4 Å². The Balaban J connectivity index is 1.33. The first-order chi connectivity index (χ1) is 22.4. The van der Waals surface area contributed by atoms with Gasteiger partial charge in [-0.1, -0.05) is 62.8 Å². The lowest BCUT2D eigenvalue weighted by atomic mass is 9.49. The van der Waals surface area contributed by atoms with Gasteiger partial charge in [0.1, 0.15) is 5.60 Å². The SMILES string of the molecule is CC1(C)COC2(CCC3=C4C(CCC3(O)C2)C2CC[C@@](O)(C(F)(F)C(F)(F)F)C2(C)C[C@@H]4c2cccc(/C=C/c3ccccn3)c2)OC1. The van der Waals surface area contributed by atoms with E-state index in [-0.39, 0.29) is 30.6 Å². The summed E-state index contributed by atoms with van der Waals surface area (Å²) in [5, 5.41) is 24.0. The van der Waals surface area contributed by atoms with E-state index in [2.05, 4.69) is 18.8 Å². The second-order valence-corrected chi connectivity index (χ2v) is 15.9. The molecule has 4 fully saturated rings. The molecule has 260 valence electrons. The Morgan fingerprint density at radius 2 is 1.65 bits per heavy atom. The molecule has 0 amide bonds. The number of rotatable bonds is 4. The molecule has 5 nitrogen and oxygen atoms in total. The topological polar surface area (TPSA) is 71.8 Å². The van der Waals surface area contributed by atoms with Gasteiger partial charge >= 0.3 is 12.1 Å². The van der Waals surface area contributed by atoms with Gasteiger partial charge in [0.25, 0.3) is 0 Å². The van der Waals surface area contributed by atoms with Crippen molar-refractivity contribution in [3.63, 3.8) is 0 Å². The van der Waals surface area contributed by atoms with E-state index >= 15 is 8.78 Å². The molecule has 2 aromatic rings. The second-order valence-electron chi connectivity index (χ2n) is 15.9. The number of allylic oxidation sites excluding steroid dienone is 1. The van der Waals surface area contributed by atoms with Crippen molar-refractivity contribution in [1.82, 2.24) is 4.98 Å². The molecule has 3 saturated carbocycles. The Kier molecular flexibility index (Phi) is 7.87. The Morgan fingerprint density at radius 3 is 2.33 bits per heavy atom. The van der Waals surface area contributed by atoms with Gasteiger partial charge in [0.15, 0.2) is 5.79 Å². The Bertz CT molecular complexity index is 1610. The highest BCUT2D eigenvalue weighted by Crippen LogP contribution is 2.71. The number of hydrogen-bond acceptors (Lipinski definition) is 5. The number of fused-ring (bicyclic) bond motifs is 4. The van der Waals surface area contributed by atoms with Gasteiger partial charge in [0.2, 0.25) is 0 Å². The van der Waals surface area contributed by atoms with Crippen LogP contribution < -0.4 is 0 Å². The number of aliphatic hydroxyl groups is 2. The lowest BCUT2D eigenvalue weighted by Crippen LogP contribution is -2.65. The van der Waals surface area contributed by atoms with Crippen LogP contribution >= 0.6 is 0 Å². The molecule has 1 aromatic carbocycles. The molecule has 4 aliphatic carbocycles. The molecule has 48 heavy (non-hydrogen) atoms. The summed E-state index contributed by atoms with van der Waals surface area (Å²) in [7, 11) is 0. The molecule has 1 aromatic heterocycles. The van der Waals surface area contributed by atoms with Crippen molar-refractivity contribution < 1.29 is 41.6 Å². The maximum atomic E-state index is 15.4. The monoisotopic (exact) mass is 673 g/mol. The van der Waals surface area contributed by atoms with Gasteiger partial charge in [0, 0.05) is 35.8 Å². The van der Waals surface area contributed by atoms with Crippen LogP contribution in [0.1, 0.15) is 94.9 Å². The summed E-state index contributed by atoms with van der Waals surface area (Å²) >= 11 is 0. The van der Waals surface area contributed by atoms with Gasteiger partial charge in [-0.2, -0.15) is 22.0 Å². The molecule has 0 radical (unpaired) electrons. The van der Waals surface area contributed by atoms with Crippen molar-refractivity contribution >= 4 is 12.2 Å². The van der Waals surface area contributed by atoms with Crippen LogP contribution in [0.5, 0.6) is 0 Å². The molecule has 4 unspecified atom stereocenters. The van der Waals surface area contributed by atoms with Gasteiger partial charge in [-0.15, -0.1) is 0 Å². The maximum absolute atomic E-state index is 15.4. The summed E-state index contributed by atoms with van der Waals surface area (Å²) in [6.07, 6.45) is 0.743. The lowest BCUT2D eigenvalue weighted by molar-refractivity contribution is -0.362. The minimum atomic E-state index is -5.90. The van der Waals surface area contributed by atoms with Gasteiger partial charge in [-0.3, -0.25) is 4.98 Å². The van der Waals surface area contributed by atoms with E-state index in [0.717, 1.165) is 28.0 Å². The molecule has 1 aliphatic heterocycles. The first kappa shape index (κ1) is 33.8. The summed E-state index contributed by atoms with van der Waals surface area (Å²) in [5.74, 6) is -7.78. The van der Waals surface area contributed by atoms with E-state index in [1.165, 1.54) is 6.92 Å². The molecule has 6 atom stereocenters. The third kappa shape index (κ3) is 5.19. The average molecular weight is 674 g/mol. The van der Waals surface area contributed by atoms with Crippen molar-refractivity contribution in [1.29, 1.82) is 0 Å². The molecule has 5 aliphatic rings. The van der Waals surface area contributed by atoms with E-state index in [1.807, 2.05) is 54.6 Å². The normalized spacial score (nSPS) is 36.2. The van der Waals surface area contributed by atoms with E-state index in [1.54, 1.807) is 6.20 Å². The summed E-state index contributed by atoms with van der Waals surface area (Å²) in [4.78, 5) is 4.33. The molecule has 10 heteroatoms. The average Bonchev–Trinajstić information content (AvgIpc) is 3.32. The number of halogens is 5. The van der Waals surface area contributed by atoms with Crippen LogP contribution in [0, 0.1) is 22.7 Å². The van der Waals surface area contributed by atoms with Gasteiger partial charge in [-0.25, -0.2) is 0 Å². The van der Waals surface area contributed by atoms with Crippen LogP contribution in [-0.2, 0) is 9.47 Å². The number of aromatic nitrogens is 1. The summed E-state index contributed by atoms with van der Waals surface area (Å²) in [6, 6.07) is 13.1. The Morgan fingerprint density at radius 1 is 0.896 bits per heavy atom. The zero-order chi connectivity index (χ0) is 34.4. The van der Waals surface area contributed by atoms with Crippen molar-refractivity contribution in [2.24, 2.45) is 22.7 Å². The van der Waals surface area contributed by atoms with Crippen LogP contribution in [0.15, 0.2) is 59.8 Å². The zero-order valence-electron chi connectivity index (χ0n) is 27.6. The minimum Gasteiger partial charge on any atom is -0.385 e. The highest BCUT2D eigenvalue weighted by atomic mass is 19.4. The molecule has 7 rings (SSSR count). The van der Waals surface area contributed by atoms with E-state index < -0.39 is 52.8 Å². The van der Waals surface area contributed by atoms with Gasteiger partial charge in [-0.05, 0) is 85.3 Å². The molecular formula is C38H44F5NO4. The fourth-order valence-corrected chi connectivity index (χ4v) is 9.84. The number of hydrogen-bond donors (Lipinski definition) is 2. The third-order valence-corrected chi connectivity index (χ3v) is 12.3. The van der Waals surface area contributed by atoms with Crippen LogP contribution in [-0.4, -0.2) is 57.5 Å². The minimum absolute atomic E-state index is 0.0450. The first-order valence-electron chi connectivity index (χ1n) is 17.0. The Hall–Kier alpha value is -2.66. The van der Waals surface area contributed by atoms with Gasteiger partial charge < -0.3 is 19.7 Å². The van der Waals surface area contributed by atoms with E-state index in [4.69, 9.17) is 9.47 Å². The number of nitrogens with zero attached hydrogens (tertiary/aromatic N) is 1. The largest absolute Gasteiger partial charge is 0.456 e. The molecule has 2 heterocycles. The quantitative estimate of drug-likeness (QED) is 0.252. The molecule has 0 bridgehead atoms. The van der Waals surface area contributed by atoms with E-state index in [0.29, 0.717) is 38.9 Å². The molecular weight excluding hydrogens is 629 g/mol. The van der Waals surface area contributed by atoms with Crippen molar-refractivity contribution in [2.75, 3.05) is 13.2 Å². The van der Waals surface area contributed by atoms with Gasteiger partial charge in [0.05, 0.1) is 24.5 Å². The van der Waals surface area contributed by atoms with Crippen molar-refractivity contribution in [2.45, 2.75) is 107 Å². The summed E-state index contributed by atoms with van der Waals surface area (Å²) in [6.45, 7) is 6.54. The van der Waals surface area contributed by atoms with Crippen molar-refractivity contribution in [3.8, 4) is 0 Å². The number of alkyl halides is 5. The van der Waals surface area contributed by atoms with Crippen LogP contribution in [0.2, 0.25) is 0 Å². The fourth-order valence-electron chi connectivity index (χ4n) is 9.84. The Labute approximate surface area is 278 Å². The lowest BCUT2D eigenvalue weighted by Gasteiger charge is -2.59.